The number of hydrogen-bond donors (Lipinski definition) is 0. The molecule has 0 aliphatic carbocycles. The van der Waals surface area contributed by atoms with E-state index in [4.69, 9.17) is 4.74 Å². The third-order valence-electron chi connectivity index (χ3n) is 4.68. The van der Waals surface area contributed by atoms with Crippen molar-refractivity contribution >= 4 is 42.4 Å². The normalized spacial score (nSPS) is 11.5. The third-order valence-corrected chi connectivity index (χ3v) is 6.83. The predicted octanol–water partition coefficient (Wildman–Crippen LogP) is 3.25. The number of carbonyl (C=O) groups is 1. The minimum absolute atomic E-state index is 0.0967. The van der Waals surface area contributed by atoms with Crippen LogP contribution < -0.4 is 9.64 Å². The van der Waals surface area contributed by atoms with Crippen molar-refractivity contribution in [2.75, 3.05) is 24.8 Å². The number of carbonyl (C=O) groups excluding carboxylic acids is 1. The van der Waals surface area contributed by atoms with E-state index in [-0.39, 0.29) is 16.4 Å². The van der Waals surface area contributed by atoms with Gasteiger partial charge in [0.25, 0.3) is 5.91 Å². The molecule has 0 bridgehead atoms. The molecule has 10 heteroatoms. The standard InChI is InChI=1S/C21H20N4O4S2/c1-29-16-7-8-18-19(14-16)30-21(23-18)25(12-11-24-10-4-9-22-24)20(26)15-5-3-6-17(13-15)31(2,27)28/h3-10,13-14H,11-12H2,1-2H3. The van der Waals surface area contributed by atoms with Gasteiger partial charge in [0, 0.05) is 30.8 Å². The molecule has 2 aromatic carbocycles. The van der Waals surface area contributed by atoms with E-state index in [1.165, 1.54) is 23.5 Å². The van der Waals surface area contributed by atoms with E-state index in [1.54, 1.807) is 35.0 Å². The van der Waals surface area contributed by atoms with E-state index < -0.39 is 9.84 Å². The van der Waals surface area contributed by atoms with Gasteiger partial charge in [-0.05, 0) is 42.5 Å². The second-order valence-electron chi connectivity index (χ2n) is 6.86. The molecule has 0 saturated heterocycles. The number of anilines is 1. The summed E-state index contributed by atoms with van der Waals surface area (Å²) in [5.41, 5.74) is 1.03. The molecule has 2 aromatic heterocycles. The highest BCUT2D eigenvalue weighted by Crippen LogP contribution is 2.32. The number of thiazole rings is 1. The minimum atomic E-state index is -3.44. The van der Waals surface area contributed by atoms with Crippen molar-refractivity contribution in [1.29, 1.82) is 0 Å². The first-order valence-electron chi connectivity index (χ1n) is 9.39. The summed E-state index contributed by atoms with van der Waals surface area (Å²) < 4.78 is 31.8. The summed E-state index contributed by atoms with van der Waals surface area (Å²) in [7, 11) is -1.84. The molecule has 0 fully saturated rings. The highest BCUT2D eigenvalue weighted by molar-refractivity contribution is 7.90. The fraction of sp³-hybridized carbons (Fsp3) is 0.190. The molecule has 0 aliphatic heterocycles. The molecule has 4 aromatic rings. The second-order valence-corrected chi connectivity index (χ2v) is 9.88. The number of sulfone groups is 1. The van der Waals surface area contributed by atoms with Crippen LogP contribution in [0.1, 0.15) is 10.4 Å². The molecule has 2 heterocycles. The molecule has 0 N–H and O–H groups in total. The van der Waals surface area contributed by atoms with Crippen molar-refractivity contribution < 1.29 is 17.9 Å². The van der Waals surface area contributed by atoms with E-state index in [0.717, 1.165) is 16.5 Å². The van der Waals surface area contributed by atoms with Crippen molar-refractivity contribution in [3.8, 4) is 5.75 Å². The number of rotatable bonds is 7. The minimum Gasteiger partial charge on any atom is -0.497 e. The van der Waals surface area contributed by atoms with Gasteiger partial charge in [0.2, 0.25) is 0 Å². The Morgan fingerprint density at radius 1 is 1.19 bits per heavy atom. The van der Waals surface area contributed by atoms with Crippen LogP contribution >= 0.6 is 11.3 Å². The molecule has 8 nitrogen and oxygen atoms in total. The lowest BCUT2D eigenvalue weighted by Gasteiger charge is -2.20. The van der Waals surface area contributed by atoms with E-state index >= 15 is 0 Å². The Balaban J connectivity index is 1.73. The first-order valence-corrected chi connectivity index (χ1v) is 12.1. The molecule has 0 unspecified atom stereocenters. The molecule has 0 atom stereocenters. The Bertz CT molecular complexity index is 1330. The van der Waals surface area contributed by atoms with Crippen LogP contribution in [0.3, 0.4) is 0 Å². The van der Waals surface area contributed by atoms with Crippen LogP contribution in [-0.2, 0) is 16.4 Å². The number of nitrogens with zero attached hydrogens (tertiary/aromatic N) is 4. The van der Waals surface area contributed by atoms with Gasteiger partial charge in [-0.1, -0.05) is 17.4 Å². The molecule has 160 valence electrons. The maximum absolute atomic E-state index is 13.4. The quantitative estimate of drug-likeness (QED) is 0.424. The average Bonchev–Trinajstić information content (AvgIpc) is 3.42. The Morgan fingerprint density at radius 3 is 2.74 bits per heavy atom. The zero-order valence-corrected chi connectivity index (χ0v) is 18.6. The number of fused-ring (bicyclic) bond motifs is 1. The van der Waals surface area contributed by atoms with Crippen molar-refractivity contribution in [3.05, 3.63) is 66.5 Å². The topological polar surface area (TPSA) is 94.4 Å². The van der Waals surface area contributed by atoms with Crippen LogP contribution in [0.2, 0.25) is 0 Å². The first-order chi connectivity index (χ1) is 14.8. The van der Waals surface area contributed by atoms with Gasteiger partial charge in [-0.25, -0.2) is 13.4 Å². The number of ether oxygens (including phenoxy) is 1. The van der Waals surface area contributed by atoms with Gasteiger partial charge in [0.15, 0.2) is 15.0 Å². The lowest BCUT2D eigenvalue weighted by atomic mass is 10.2. The van der Waals surface area contributed by atoms with Crippen LogP contribution in [0.5, 0.6) is 5.75 Å². The lowest BCUT2D eigenvalue weighted by molar-refractivity contribution is 0.0985. The summed E-state index contributed by atoms with van der Waals surface area (Å²) in [6.45, 7) is 0.782. The monoisotopic (exact) mass is 456 g/mol. The summed E-state index contributed by atoms with van der Waals surface area (Å²) in [5.74, 6) is 0.377. The van der Waals surface area contributed by atoms with Gasteiger partial charge in [-0.3, -0.25) is 14.4 Å². The molecule has 4 rings (SSSR count). The Morgan fingerprint density at radius 2 is 2.03 bits per heavy atom. The van der Waals surface area contributed by atoms with Gasteiger partial charge in [-0.2, -0.15) is 5.10 Å². The van der Waals surface area contributed by atoms with Crippen molar-refractivity contribution in [2.24, 2.45) is 0 Å². The SMILES string of the molecule is COc1ccc2nc(N(CCn3cccn3)C(=O)c3cccc(S(C)(=O)=O)c3)sc2c1. The lowest BCUT2D eigenvalue weighted by Crippen LogP contribution is -2.34. The van der Waals surface area contributed by atoms with Crippen molar-refractivity contribution in [1.82, 2.24) is 14.8 Å². The van der Waals surface area contributed by atoms with Crippen LogP contribution in [0.25, 0.3) is 10.2 Å². The highest BCUT2D eigenvalue weighted by atomic mass is 32.2. The number of amides is 1. The van der Waals surface area contributed by atoms with Gasteiger partial charge in [-0.15, -0.1) is 0 Å². The summed E-state index contributed by atoms with van der Waals surface area (Å²) in [5, 5.41) is 4.71. The second kappa shape index (κ2) is 8.48. The first kappa shape index (κ1) is 21.0. The van der Waals surface area contributed by atoms with Gasteiger partial charge in [0.1, 0.15) is 5.75 Å². The molecule has 0 aliphatic rings. The third kappa shape index (κ3) is 4.59. The van der Waals surface area contributed by atoms with E-state index in [0.29, 0.717) is 24.0 Å². The van der Waals surface area contributed by atoms with E-state index in [2.05, 4.69) is 10.1 Å². The van der Waals surface area contributed by atoms with Crippen molar-refractivity contribution in [2.45, 2.75) is 11.4 Å². The van der Waals surface area contributed by atoms with E-state index in [9.17, 15) is 13.2 Å². The van der Waals surface area contributed by atoms with Gasteiger partial charge < -0.3 is 4.74 Å². The average molecular weight is 457 g/mol. The van der Waals surface area contributed by atoms with Crippen LogP contribution in [0, 0.1) is 0 Å². The number of methoxy groups -OCH3 is 1. The zero-order valence-electron chi connectivity index (χ0n) is 16.9. The number of hydrogen-bond acceptors (Lipinski definition) is 7. The van der Waals surface area contributed by atoms with Gasteiger partial charge >= 0.3 is 0 Å². The van der Waals surface area contributed by atoms with Crippen LogP contribution in [0.15, 0.2) is 65.8 Å². The predicted molar refractivity (Wildman–Crippen MR) is 120 cm³/mol. The fourth-order valence-corrected chi connectivity index (χ4v) is 4.76. The largest absolute Gasteiger partial charge is 0.497 e. The maximum Gasteiger partial charge on any atom is 0.260 e. The number of benzene rings is 2. The Hall–Kier alpha value is -3.24. The number of aromatic nitrogens is 3. The van der Waals surface area contributed by atoms with Gasteiger partial charge in [0.05, 0.1) is 28.8 Å². The zero-order chi connectivity index (χ0) is 22.0. The molecule has 0 saturated carbocycles. The molecule has 0 spiro atoms. The molecule has 1 amide bonds. The van der Waals surface area contributed by atoms with Crippen molar-refractivity contribution in [3.63, 3.8) is 0 Å². The highest BCUT2D eigenvalue weighted by Gasteiger charge is 2.23. The summed E-state index contributed by atoms with van der Waals surface area (Å²) in [6, 6.07) is 13.4. The summed E-state index contributed by atoms with van der Waals surface area (Å²) >= 11 is 1.37. The molecular formula is C21H20N4O4S2. The van der Waals surface area contributed by atoms with Crippen LogP contribution in [-0.4, -0.2) is 49.0 Å². The molecule has 0 radical (unpaired) electrons. The smallest absolute Gasteiger partial charge is 0.260 e. The Kier molecular flexibility index (Phi) is 5.75. The van der Waals surface area contributed by atoms with E-state index in [1.807, 2.05) is 30.5 Å². The Labute approximate surface area is 183 Å². The molecule has 31 heavy (non-hydrogen) atoms. The van der Waals surface area contributed by atoms with Crippen LogP contribution in [0.4, 0.5) is 5.13 Å². The molecular weight excluding hydrogens is 436 g/mol. The summed E-state index contributed by atoms with van der Waals surface area (Å²) in [4.78, 5) is 19.7. The summed E-state index contributed by atoms with van der Waals surface area (Å²) in [6.07, 6.45) is 4.61. The fourth-order valence-electron chi connectivity index (χ4n) is 3.07. The maximum atomic E-state index is 13.4.